The lowest BCUT2D eigenvalue weighted by molar-refractivity contribution is -0.384. The fraction of sp³-hybridized carbons (Fsp3) is 0.105. The summed E-state index contributed by atoms with van der Waals surface area (Å²) in [5.41, 5.74) is 13.1. The van der Waals surface area contributed by atoms with Crippen LogP contribution in [0, 0.1) is 21.4 Å². The molecule has 0 amide bonds. The molecule has 0 saturated heterocycles. The van der Waals surface area contributed by atoms with Gasteiger partial charge in [-0.25, -0.2) is 4.98 Å². The number of nitro groups is 1. The highest BCUT2D eigenvalue weighted by Gasteiger charge is 2.16. The normalized spacial score (nSPS) is 10.2. The van der Waals surface area contributed by atoms with E-state index in [2.05, 4.69) is 9.97 Å². The van der Waals surface area contributed by atoms with E-state index in [4.69, 9.17) is 20.9 Å². The summed E-state index contributed by atoms with van der Waals surface area (Å²) in [4.78, 5) is 18.2. The first-order valence-electron chi connectivity index (χ1n) is 8.30. The van der Waals surface area contributed by atoms with Gasteiger partial charge in [0.05, 0.1) is 17.7 Å². The maximum Gasteiger partial charge on any atom is 0.269 e. The second-order valence-electron chi connectivity index (χ2n) is 5.88. The number of nitrogens with two attached hydrogens (primary N) is 2. The lowest BCUT2D eigenvalue weighted by Gasteiger charge is -2.13. The Labute approximate surface area is 165 Å². The number of hydrogen-bond donors (Lipinski definition) is 2. The molecule has 0 aliphatic heterocycles. The fourth-order valence-corrected chi connectivity index (χ4v) is 2.62. The van der Waals surface area contributed by atoms with Crippen molar-refractivity contribution < 1.29 is 14.4 Å². The molecule has 3 aromatic rings. The number of nitro benzene ring substituents is 1. The maximum absolute atomic E-state index is 10.7. The number of aromatic nitrogens is 2. The Morgan fingerprint density at radius 1 is 1.14 bits per heavy atom. The molecule has 0 saturated carbocycles. The van der Waals surface area contributed by atoms with Crippen LogP contribution in [0.5, 0.6) is 11.5 Å². The second-order valence-corrected chi connectivity index (χ2v) is 5.88. The Balaban J connectivity index is 1.86. The molecule has 0 radical (unpaired) electrons. The largest absolute Gasteiger partial charge is 0.493 e. The van der Waals surface area contributed by atoms with Gasteiger partial charge in [-0.15, -0.1) is 0 Å². The summed E-state index contributed by atoms with van der Waals surface area (Å²) < 4.78 is 11.1. The number of anilines is 2. The zero-order valence-electron chi connectivity index (χ0n) is 15.3. The van der Waals surface area contributed by atoms with Crippen molar-refractivity contribution in [2.75, 3.05) is 18.6 Å². The molecule has 0 bridgehead atoms. The summed E-state index contributed by atoms with van der Waals surface area (Å²) in [5.74, 6) is 0.800. The zero-order valence-corrected chi connectivity index (χ0v) is 15.3. The minimum atomic E-state index is -0.464. The van der Waals surface area contributed by atoms with E-state index >= 15 is 0 Å². The molecule has 3 rings (SSSR count). The van der Waals surface area contributed by atoms with Crippen molar-refractivity contribution in [1.82, 2.24) is 9.97 Å². The molecule has 146 valence electrons. The zero-order chi connectivity index (χ0) is 21.0. The minimum Gasteiger partial charge on any atom is -0.493 e. The van der Waals surface area contributed by atoms with Crippen molar-refractivity contribution in [3.8, 4) is 28.8 Å². The molecule has 2 aromatic carbocycles. The molecule has 0 aliphatic rings. The monoisotopic (exact) mass is 392 g/mol. The Kier molecular flexibility index (Phi) is 5.41. The molecular formula is C19H16N6O4. The predicted octanol–water partition coefficient (Wildman–Crippen LogP) is 2.68. The number of methoxy groups -OCH3 is 1. The van der Waals surface area contributed by atoms with Gasteiger partial charge in [0.15, 0.2) is 11.5 Å². The van der Waals surface area contributed by atoms with E-state index in [9.17, 15) is 15.4 Å². The molecule has 29 heavy (non-hydrogen) atoms. The molecule has 0 atom stereocenters. The third-order valence-corrected chi connectivity index (χ3v) is 4.04. The molecule has 0 fully saturated rings. The number of hydrogen-bond acceptors (Lipinski definition) is 9. The highest BCUT2D eigenvalue weighted by Crippen LogP contribution is 2.34. The first-order valence-corrected chi connectivity index (χ1v) is 8.30. The molecule has 0 spiro atoms. The van der Waals surface area contributed by atoms with Crippen LogP contribution in [-0.2, 0) is 6.61 Å². The predicted molar refractivity (Wildman–Crippen MR) is 105 cm³/mol. The number of nitrogen functional groups attached to an aromatic ring is 2. The summed E-state index contributed by atoms with van der Waals surface area (Å²) in [6.07, 6.45) is 0. The van der Waals surface area contributed by atoms with Crippen LogP contribution in [0.3, 0.4) is 0 Å². The van der Waals surface area contributed by atoms with Gasteiger partial charge < -0.3 is 20.9 Å². The van der Waals surface area contributed by atoms with Gasteiger partial charge in [-0.2, -0.15) is 10.2 Å². The topological polar surface area (TPSA) is 163 Å². The van der Waals surface area contributed by atoms with Gasteiger partial charge in [0.25, 0.3) is 5.69 Å². The van der Waals surface area contributed by atoms with E-state index in [1.807, 2.05) is 6.07 Å². The molecule has 0 unspecified atom stereocenters. The van der Waals surface area contributed by atoms with E-state index in [-0.39, 0.29) is 35.3 Å². The molecular weight excluding hydrogens is 376 g/mol. The van der Waals surface area contributed by atoms with Crippen LogP contribution in [-0.4, -0.2) is 22.0 Å². The van der Waals surface area contributed by atoms with Crippen molar-refractivity contribution in [2.45, 2.75) is 6.61 Å². The first kappa shape index (κ1) is 19.4. The highest BCUT2D eigenvalue weighted by atomic mass is 16.6. The van der Waals surface area contributed by atoms with Gasteiger partial charge in [0.1, 0.15) is 24.1 Å². The summed E-state index contributed by atoms with van der Waals surface area (Å²) >= 11 is 0. The molecule has 4 N–H and O–H groups in total. The molecule has 0 aliphatic carbocycles. The first-order chi connectivity index (χ1) is 13.9. The number of benzene rings is 2. The quantitative estimate of drug-likeness (QED) is 0.474. The highest BCUT2D eigenvalue weighted by molar-refractivity contribution is 5.74. The number of nitriles is 1. The van der Waals surface area contributed by atoms with Crippen LogP contribution in [0.2, 0.25) is 0 Å². The Morgan fingerprint density at radius 3 is 2.48 bits per heavy atom. The van der Waals surface area contributed by atoms with E-state index < -0.39 is 4.92 Å². The Hall–Kier alpha value is -4.39. The van der Waals surface area contributed by atoms with Crippen LogP contribution >= 0.6 is 0 Å². The van der Waals surface area contributed by atoms with E-state index in [0.29, 0.717) is 17.1 Å². The van der Waals surface area contributed by atoms with Crippen molar-refractivity contribution >= 4 is 17.5 Å². The van der Waals surface area contributed by atoms with Gasteiger partial charge in [-0.3, -0.25) is 10.1 Å². The standard InChI is InChI=1S/C19H16N6O4/c1-28-16-8-12(17-14(9-20)18(21)24-19(22)23-17)4-7-15(16)29-10-11-2-5-13(6-3-11)25(26)27/h2-8H,10H2,1H3,(H4,21,22,23,24). The van der Waals surface area contributed by atoms with Crippen molar-refractivity contribution in [1.29, 1.82) is 5.26 Å². The number of non-ortho nitro benzene ring substituents is 1. The molecule has 1 aromatic heterocycles. The van der Waals surface area contributed by atoms with E-state index in [0.717, 1.165) is 5.56 Å². The van der Waals surface area contributed by atoms with Gasteiger partial charge in [-0.05, 0) is 35.9 Å². The van der Waals surface area contributed by atoms with Crippen LogP contribution in [0.25, 0.3) is 11.3 Å². The maximum atomic E-state index is 10.7. The van der Waals surface area contributed by atoms with Crippen LogP contribution < -0.4 is 20.9 Å². The van der Waals surface area contributed by atoms with Crippen LogP contribution in [0.4, 0.5) is 17.5 Å². The van der Waals surface area contributed by atoms with Crippen LogP contribution in [0.1, 0.15) is 11.1 Å². The summed E-state index contributed by atoms with van der Waals surface area (Å²) in [6.45, 7) is 0.185. The van der Waals surface area contributed by atoms with E-state index in [1.54, 1.807) is 30.3 Å². The third kappa shape index (κ3) is 4.14. The average molecular weight is 392 g/mol. The van der Waals surface area contributed by atoms with Crippen molar-refractivity contribution in [3.05, 3.63) is 63.7 Å². The molecule has 10 nitrogen and oxygen atoms in total. The lowest BCUT2D eigenvalue weighted by Crippen LogP contribution is -2.05. The number of ether oxygens (including phenoxy) is 2. The van der Waals surface area contributed by atoms with Crippen LogP contribution in [0.15, 0.2) is 42.5 Å². The summed E-state index contributed by atoms with van der Waals surface area (Å²) in [5, 5.41) is 20.1. The third-order valence-electron chi connectivity index (χ3n) is 4.04. The fourth-order valence-electron chi connectivity index (χ4n) is 2.62. The molecule has 10 heteroatoms. The average Bonchev–Trinajstić information content (AvgIpc) is 2.72. The van der Waals surface area contributed by atoms with Gasteiger partial charge >= 0.3 is 0 Å². The Morgan fingerprint density at radius 2 is 1.86 bits per heavy atom. The van der Waals surface area contributed by atoms with Gasteiger partial charge in [0, 0.05) is 17.7 Å². The van der Waals surface area contributed by atoms with E-state index in [1.165, 1.54) is 19.2 Å². The van der Waals surface area contributed by atoms with Crippen molar-refractivity contribution in [3.63, 3.8) is 0 Å². The number of nitrogens with zero attached hydrogens (tertiary/aromatic N) is 4. The Bertz CT molecular complexity index is 1110. The molecule has 1 heterocycles. The number of rotatable bonds is 6. The second kappa shape index (κ2) is 8.10. The van der Waals surface area contributed by atoms with Crippen molar-refractivity contribution in [2.24, 2.45) is 0 Å². The SMILES string of the molecule is COc1cc(-c2nc(N)nc(N)c2C#N)ccc1OCc1ccc([N+](=O)[O-])cc1. The smallest absolute Gasteiger partial charge is 0.269 e. The van der Waals surface area contributed by atoms with Gasteiger partial charge in [0.2, 0.25) is 5.95 Å². The van der Waals surface area contributed by atoms with Gasteiger partial charge in [-0.1, -0.05) is 0 Å². The minimum absolute atomic E-state index is 0.00683. The summed E-state index contributed by atoms with van der Waals surface area (Å²) in [7, 11) is 1.48. The lowest BCUT2D eigenvalue weighted by atomic mass is 10.1. The summed E-state index contributed by atoms with van der Waals surface area (Å²) in [6, 6.07) is 13.0.